The molecule has 0 aliphatic heterocycles. The first kappa shape index (κ1) is 20.7. The minimum atomic E-state index is -0.255. The summed E-state index contributed by atoms with van der Waals surface area (Å²) < 4.78 is 12.0. The van der Waals surface area contributed by atoms with Crippen molar-refractivity contribution in [2.24, 2.45) is 0 Å². The molecular formula is C16H16Cl2NO3Y-. The number of hydrogen-bond acceptors (Lipinski definition) is 3. The van der Waals surface area contributed by atoms with E-state index in [2.05, 4.69) is 6.07 Å². The van der Waals surface area contributed by atoms with E-state index in [1.807, 2.05) is 6.92 Å². The van der Waals surface area contributed by atoms with Crippen LogP contribution in [0.2, 0.25) is 10.0 Å². The maximum absolute atomic E-state index is 12.1. The molecule has 121 valence electrons. The molecule has 4 nitrogen and oxygen atoms in total. The van der Waals surface area contributed by atoms with E-state index in [-0.39, 0.29) is 43.3 Å². The Hall–Kier alpha value is -0.386. The molecule has 0 aliphatic carbocycles. The van der Waals surface area contributed by atoms with Gasteiger partial charge in [-0.25, -0.2) is 0 Å². The van der Waals surface area contributed by atoms with E-state index in [1.54, 1.807) is 25.3 Å². The van der Waals surface area contributed by atoms with Gasteiger partial charge in [0.1, 0.15) is 12.4 Å². The Morgan fingerprint density at radius 3 is 2.57 bits per heavy atom. The molecule has 0 N–H and O–H groups in total. The Kier molecular flexibility index (Phi) is 8.80. The molecule has 2 aromatic rings. The van der Waals surface area contributed by atoms with Crippen LogP contribution in [0.3, 0.4) is 0 Å². The number of ether oxygens (including phenoxy) is 2. The van der Waals surface area contributed by atoms with Crippen molar-refractivity contribution in [2.75, 3.05) is 20.3 Å². The standard InChI is InChI=1S/C16H16Cl2NO3.Y/c1-3-19-15(7-6-13(17)16(19)20)12-5-4-11(10-14(12)18)22-9-8-21-2;/h4-6,10H,3,8-9H2,1-2H3;/q-1;. The normalized spacial score (nSPS) is 10.3. The minimum Gasteiger partial charge on any atom is -0.491 e. The van der Waals surface area contributed by atoms with Crippen LogP contribution < -0.4 is 10.3 Å². The van der Waals surface area contributed by atoms with E-state index in [0.29, 0.717) is 41.8 Å². The van der Waals surface area contributed by atoms with Crippen molar-refractivity contribution in [2.45, 2.75) is 13.5 Å². The monoisotopic (exact) mass is 429 g/mol. The molecule has 0 spiro atoms. The Morgan fingerprint density at radius 1 is 1.22 bits per heavy atom. The zero-order valence-electron chi connectivity index (χ0n) is 12.9. The van der Waals surface area contributed by atoms with Gasteiger partial charge in [0, 0.05) is 51.4 Å². The van der Waals surface area contributed by atoms with E-state index in [1.165, 1.54) is 10.6 Å². The third-order valence-electron chi connectivity index (χ3n) is 3.12. The summed E-state index contributed by atoms with van der Waals surface area (Å²) in [5, 5.41) is 0.622. The van der Waals surface area contributed by atoms with E-state index >= 15 is 0 Å². The third-order valence-corrected chi connectivity index (χ3v) is 3.71. The van der Waals surface area contributed by atoms with Gasteiger partial charge in [-0.3, -0.25) is 4.79 Å². The van der Waals surface area contributed by atoms with Crippen LogP contribution in [0.1, 0.15) is 6.92 Å². The summed E-state index contributed by atoms with van der Waals surface area (Å²) in [4.78, 5) is 12.1. The molecule has 0 atom stereocenters. The molecule has 1 heterocycles. The van der Waals surface area contributed by atoms with Crippen molar-refractivity contribution in [3.05, 3.63) is 50.7 Å². The first-order valence-corrected chi connectivity index (χ1v) is 7.56. The van der Waals surface area contributed by atoms with Crippen LogP contribution in [0.5, 0.6) is 5.75 Å². The fourth-order valence-corrected chi connectivity index (χ4v) is 2.46. The Balaban J connectivity index is 0.00000264. The summed E-state index contributed by atoms with van der Waals surface area (Å²) in [6, 6.07) is 9.78. The molecule has 23 heavy (non-hydrogen) atoms. The molecule has 1 radical (unpaired) electrons. The fraction of sp³-hybridized carbons (Fsp3) is 0.312. The molecule has 0 saturated carbocycles. The molecule has 0 amide bonds. The van der Waals surface area contributed by atoms with Gasteiger partial charge in [-0.15, -0.1) is 6.07 Å². The van der Waals surface area contributed by atoms with Gasteiger partial charge in [-0.2, -0.15) is 23.7 Å². The second kappa shape index (κ2) is 9.80. The fourth-order valence-electron chi connectivity index (χ4n) is 2.05. The van der Waals surface area contributed by atoms with Gasteiger partial charge in [-0.05, 0) is 24.1 Å². The van der Waals surface area contributed by atoms with Crippen LogP contribution in [0, 0.1) is 6.07 Å². The molecule has 0 unspecified atom stereocenters. The molecule has 0 bridgehead atoms. The number of rotatable bonds is 6. The number of halogens is 2. The first-order valence-electron chi connectivity index (χ1n) is 6.81. The van der Waals surface area contributed by atoms with E-state index in [0.717, 1.165) is 0 Å². The van der Waals surface area contributed by atoms with Gasteiger partial charge >= 0.3 is 0 Å². The van der Waals surface area contributed by atoms with E-state index < -0.39 is 0 Å². The maximum Gasteiger partial charge on any atom is 0.212 e. The van der Waals surface area contributed by atoms with Crippen LogP contribution >= 0.6 is 23.2 Å². The number of nitrogens with zero attached hydrogens (tertiary/aromatic N) is 1. The SMILES string of the molecule is CCn1c(-c2ccc(OCCOC)cc2Cl)[c-]cc(Cl)c1=O.[Y]. The maximum atomic E-state index is 12.1. The molecule has 2 rings (SSSR count). The number of hydrogen-bond donors (Lipinski definition) is 0. The number of pyridine rings is 1. The van der Waals surface area contributed by atoms with Gasteiger partial charge in [0.25, 0.3) is 0 Å². The van der Waals surface area contributed by atoms with Gasteiger partial charge < -0.3 is 14.0 Å². The first-order chi connectivity index (χ1) is 10.6. The van der Waals surface area contributed by atoms with Crippen molar-refractivity contribution < 1.29 is 42.2 Å². The molecule has 0 aliphatic rings. The Bertz CT molecular complexity index is 719. The van der Waals surface area contributed by atoms with Gasteiger partial charge in [0.2, 0.25) is 5.56 Å². The van der Waals surface area contributed by atoms with Gasteiger partial charge in [0.15, 0.2) is 0 Å². The third kappa shape index (κ3) is 5.04. The Morgan fingerprint density at radius 2 is 1.96 bits per heavy atom. The molecule has 7 heteroatoms. The zero-order valence-corrected chi connectivity index (χ0v) is 17.3. The molecule has 1 aromatic heterocycles. The van der Waals surface area contributed by atoms with E-state index in [9.17, 15) is 4.79 Å². The predicted molar refractivity (Wildman–Crippen MR) is 88.0 cm³/mol. The van der Waals surface area contributed by atoms with Gasteiger partial charge in [0.05, 0.1) is 6.61 Å². The summed E-state index contributed by atoms with van der Waals surface area (Å²) in [6.07, 6.45) is 0. The average molecular weight is 430 g/mol. The second-order valence-corrected chi connectivity index (χ2v) is 5.33. The summed E-state index contributed by atoms with van der Waals surface area (Å²) in [5.41, 5.74) is 1.05. The second-order valence-electron chi connectivity index (χ2n) is 4.52. The summed E-state index contributed by atoms with van der Waals surface area (Å²) in [7, 11) is 1.61. The van der Waals surface area contributed by atoms with Crippen molar-refractivity contribution in [3.8, 4) is 17.0 Å². The minimum absolute atomic E-state index is 0. The summed E-state index contributed by atoms with van der Waals surface area (Å²) in [6.45, 7) is 3.29. The largest absolute Gasteiger partial charge is 0.491 e. The Labute approximate surface area is 170 Å². The smallest absolute Gasteiger partial charge is 0.212 e. The molecular weight excluding hydrogens is 414 g/mol. The topological polar surface area (TPSA) is 40.5 Å². The van der Waals surface area contributed by atoms with Crippen LogP contribution in [0.25, 0.3) is 11.3 Å². The number of methoxy groups -OCH3 is 1. The van der Waals surface area contributed by atoms with Crippen molar-refractivity contribution in [1.29, 1.82) is 0 Å². The van der Waals surface area contributed by atoms with Crippen molar-refractivity contribution in [1.82, 2.24) is 4.57 Å². The summed E-state index contributed by atoms with van der Waals surface area (Å²) in [5.74, 6) is 0.644. The van der Waals surface area contributed by atoms with Crippen molar-refractivity contribution in [3.63, 3.8) is 0 Å². The van der Waals surface area contributed by atoms with Crippen LogP contribution in [0.15, 0.2) is 29.1 Å². The number of benzene rings is 1. The van der Waals surface area contributed by atoms with Crippen LogP contribution in [-0.4, -0.2) is 24.9 Å². The summed E-state index contributed by atoms with van der Waals surface area (Å²) >= 11 is 12.2. The molecule has 1 aromatic carbocycles. The average Bonchev–Trinajstić information content (AvgIpc) is 2.51. The number of aromatic nitrogens is 1. The molecule has 0 fully saturated rings. The quantitative estimate of drug-likeness (QED) is 0.519. The van der Waals surface area contributed by atoms with E-state index in [4.69, 9.17) is 32.7 Å². The van der Waals surface area contributed by atoms with Crippen LogP contribution in [-0.2, 0) is 44.0 Å². The molecule has 0 saturated heterocycles. The van der Waals surface area contributed by atoms with Crippen molar-refractivity contribution >= 4 is 23.2 Å². The zero-order chi connectivity index (χ0) is 16.1. The van der Waals surface area contributed by atoms with Crippen LogP contribution in [0.4, 0.5) is 0 Å². The van der Waals surface area contributed by atoms with Gasteiger partial charge in [-0.1, -0.05) is 22.9 Å². The predicted octanol–water partition coefficient (Wildman–Crippen LogP) is 3.66.